The summed E-state index contributed by atoms with van der Waals surface area (Å²) in [7, 11) is 0. The molecule has 4 aliphatic rings. The summed E-state index contributed by atoms with van der Waals surface area (Å²) in [5.41, 5.74) is -1.44. The van der Waals surface area contributed by atoms with E-state index < -0.39 is 41.7 Å². The fourth-order valence-electron chi connectivity index (χ4n) is 4.96. The predicted molar refractivity (Wildman–Crippen MR) is 111 cm³/mol. The zero-order valence-electron chi connectivity index (χ0n) is 20.7. The number of alkyl halides is 1. The van der Waals surface area contributed by atoms with E-state index in [0.29, 0.717) is 25.8 Å². The molecule has 3 saturated heterocycles. The molecule has 4 fully saturated rings. The minimum atomic E-state index is -2.38. The summed E-state index contributed by atoms with van der Waals surface area (Å²) in [5, 5.41) is -0.305. The quantitative estimate of drug-likeness (QED) is 0.656. The van der Waals surface area contributed by atoms with Gasteiger partial charge in [0.15, 0.2) is 11.0 Å². The molecule has 0 radical (unpaired) electrons. The van der Waals surface area contributed by atoms with Crippen molar-refractivity contribution < 1.29 is 23.7 Å². The Morgan fingerprint density at radius 1 is 1.42 bits per heavy atom. The third kappa shape index (κ3) is 3.32. The molecule has 6 rings (SSSR count). The maximum atomic E-state index is 15.1. The summed E-state index contributed by atoms with van der Waals surface area (Å²) in [5.74, 6) is -0.912. The molecule has 10 heteroatoms. The van der Waals surface area contributed by atoms with E-state index in [4.69, 9.17) is 26.6 Å². The Morgan fingerprint density at radius 3 is 3.23 bits per heavy atom. The SMILES string of the molecule is [2H]C1([2H])CCOC2CC2N1c1nc(OC([2H])([2H])[C@@]23CCCN2C[C@H](F)C3)nc2c(F)c(Cl)ncc12. The number of pyridine rings is 1. The van der Waals surface area contributed by atoms with Crippen LogP contribution in [0.3, 0.4) is 0 Å². The lowest BCUT2D eigenvalue weighted by Crippen LogP contribution is -2.43. The van der Waals surface area contributed by atoms with Crippen molar-refractivity contribution in [2.24, 2.45) is 0 Å². The van der Waals surface area contributed by atoms with Gasteiger partial charge in [-0.2, -0.15) is 9.97 Å². The van der Waals surface area contributed by atoms with Gasteiger partial charge in [-0.15, -0.1) is 0 Å². The molecule has 5 heterocycles. The van der Waals surface area contributed by atoms with Crippen molar-refractivity contribution in [2.45, 2.75) is 56.0 Å². The zero-order valence-corrected chi connectivity index (χ0v) is 17.4. The number of aromatic nitrogens is 3. The molecule has 166 valence electrons. The average Bonchev–Trinajstić information content (AvgIpc) is 3.28. The third-order valence-electron chi connectivity index (χ3n) is 6.51. The number of hydrogen-bond acceptors (Lipinski definition) is 7. The number of hydrogen-bond donors (Lipinski definition) is 0. The molecule has 2 aromatic heterocycles. The van der Waals surface area contributed by atoms with Gasteiger partial charge in [0.05, 0.1) is 25.8 Å². The minimum Gasteiger partial charge on any atom is -0.461 e. The standard InChI is InChI=1S/C21H24ClF2N5O2/c22-18-16(24)17-13(9-25-18)19(29-5-2-6-30-15-7-14(15)29)27-20(26-17)31-11-21-3-1-4-28(21)10-12(23)8-21/h9,12,14-15H,1-8,10-11H2/t12-,14?,15?,21+/m1/s1/i5D2,11D2. The number of anilines is 1. The molecule has 7 nitrogen and oxygen atoms in total. The molecule has 0 amide bonds. The lowest BCUT2D eigenvalue weighted by molar-refractivity contribution is 0.107. The maximum Gasteiger partial charge on any atom is 0.319 e. The van der Waals surface area contributed by atoms with E-state index >= 15 is 4.39 Å². The molecular weight excluding hydrogens is 428 g/mol. The molecule has 0 bridgehead atoms. The largest absolute Gasteiger partial charge is 0.461 e. The number of ether oxygens (including phenoxy) is 2. The molecule has 0 spiro atoms. The van der Waals surface area contributed by atoms with Gasteiger partial charge in [0, 0.05) is 35.0 Å². The van der Waals surface area contributed by atoms with Gasteiger partial charge in [0.2, 0.25) is 0 Å². The van der Waals surface area contributed by atoms with Crippen molar-refractivity contribution >= 4 is 28.3 Å². The summed E-state index contributed by atoms with van der Waals surface area (Å²) < 4.78 is 75.6. The Balaban J connectivity index is 1.47. The van der Waals surface area contributed by atoms with Crippen LogP contribution in [-0.4, -0.2) is 76.5 Å². The minimum absolute atomic E-state index is 0.0275. The van der Waals surface area contributed by atoms with E-state index in [1.165, 1.54) is 11.1 Å². The second-order valence-corrected chi connectivity index (χ2v) is 8.89. The van der Waals surface area contributed by atoms with E-state index in [9.17, 15) is 4.39 Å². The Hall–Kier alpha value is -1.84. The van der Waals surface area contributed by atoms with Crippen LogP contribution in [0.15, 0.2) is 6.20 Å². The van der Waals surface area contributed by atoms with Gasteiger partial charge in [0.1, 0.15) is 24.1 Å². The van der Waals surface area contributed by atoms with Crippen LogP contribution < -0.4 is 9.64 Å². The first-order valence-corrected chi connectivity index (χ1v) is 10.9. The average molecular weight is 456 g/mol. The number of nitrogens with zero attached hydrogens (tertiary/aromatic N) is 5. The molecule has 1 saturated carbocycles. The van der Waals surface area contributed by atoms with Crippen molar-refractivity contribution in [3.8, 4) is 6.01 Å². The van der Waals surface area contributed by atoms with Gasteiger partial charge in [-0.3, -0.25) is 4.90 Å². The van der Waals surface area contributed by atoms with Crippen LogP contribution >= 0.6 is 11.6 Å². The number of fused-ring (bicyclic) bond motifs is 3. The van der Waals surface area contributed by atoms with Gasteiger partial charge >= 0.3 is 6.01 Å². The smallest absolute Gasteiger partial charge is 0.319 e. The molecule has 31 heavy (non-hydrogen) atoms. The Bertz CT molecular complexity index is 1200. The van der Waals surface area contributed by atoms with E-state index in [-0.39, 0.29) is 54.9 Å². The molecule has 2 unspecified atom stereocenters. The first kappa shape index (κ1) is 15.9. The van der Waals surface area contributed by atoms with Crippen LogP contribution in [0, 0.1) is 5.82 Å². The van der Waals surface area contributed by atoms with Gasteiger partial charge in [-0.25, -0.2) is 13.8 Å². The van der Waals surface area contributed by atoms with E-state index in [0.717, 1.165) is 0 Å². The first-order valence-electron chi connectivity index (χ1n) is 12.5. The lowest BCUT2D eigenvalue weighted by atomic mass is 9.95. The fraction of sp³-hybridized carbons (Fsp3) is 0.667. The molecule has 1 aliphatic carbocycles. The van der Waals surface area contributed by atoms with Crippen molar-refractivity contribution in [2.75, 3.05) is 37.7 Å². The molecule has 3 aliphatic heterocycles. The topological polar surface area (TPSA) is 63.6 Å². The van der Waals surface area contributed by atoms with Gasteiger partial charge in [0.25, 0.3) is 0 Å². The van der Waals surface area contributed by atoms with Crippen LogP contribution in [0.1, 0.15) is 37.6 Å². The monoisotopic (exact) mass is 455 g/mol. The van der Waals surface area contributed by atoms with E-state index in [1.54, 1.807) is 4.90 Å². The molecule has 4 atom stereocenters. The van der Waals surface area contributed by atoms with Crippen LogP contribution in [0.5, 0.6) is 6.01 Å². The van der Waals surface area contributed by atoms with Crippen molar-refractivity contribution in [3.05, 3.63) is 17.2 Å². The summed E-state index contributed by atoms with van der Waals surface area (Å²) in [4.78, 5) is 15.6. The predicted octanol–water partition coefficient (Wildman–Crippen LogP) is 3.14. The van der Waals surface area contributed by atoms with Gasteiger partial charge < -0.3 is 14.4 Å². The van der Waals surface area contributed by atoms with Crippen LogP contribution in [-0.2, 0) is 4.74 Å². The summed E-state index contributed by atoms with van der Waals surface area (Å²) in [6.07, 6.45) is 1.61. The number of rotatable bonds is 4. The fourth-order valence-corrected chi connectivity index (χ4v) is 5.10. The first-order chi connectivity index (χ1) is 16.5. The second kappa shape index (κ2) is 7.35. The number of halogens is 3. The Labute approximate surface area is 189 Å². The van der Waals surface area contributed by atoms with Crippen molar-refractivity contribution in [1.82, 2.24) is 19.9 Å². The second-order valence-electron chi connectivity index (χ2n) is 8.53. The van der Waals surface area contributed by atoms with Gasteiger partial charge in [-0.1, -0.05) is 11.6 Å². The highest BCUT2D eigenvalue weighted by Crippen LogP contribution is 2.42. The highest BCUT2D eigenvalue weighted by molar-refractivity contribution is 6.30. The summed E-state index contributed by atoms with van der Waals surface area (Å²) in [6, 6.07) is -0.805. The highest BCUT2D eigenvalue weighted by atomic mass is 35.5. The lowest BCUT2D eigenvalue weighted by Gasteiger charge is -2.31. The Morgan fingerprint density at radius 2 is 2.32 bits per heavy atom. The molecule has 0 aromatic carbocycles. The molecular formula is C21H24ClF2N5O2. The van der Waals surface area contributed by atoms with Crippen LogP contribution in [0.25, 0.3) is 10.9 Å². The normalized spacial score (nSPS) is 36.7. The van der Waals surface area contributed by atoms with E-state index in [2.05, 4.69) is 15.0 Å². The summed E-state index contributed by atoms with van der Waals surface area (Å²) >= 11 is 5.90. The van der Waals surface area contributed by atoms with Gasteiger partial charge in [-0.05, 0) is 32.2 Å². The van der Waals surface area contributed by atoms with Crippen molar-refractivity contribution in [1.29, 1.82) is 0 Å². The molecule has 0 N–H and O–H groups in total. The maximum absolute atomic E-state index is 15.1. The van der Waals surface area contributed by atoms with Crippen LogP contribution in [0.2, 0.25) is 5.15 Å². The Kier molecular flexibility index (Phi) is 3.77. The zero-order chi connectivity index (χ0) is 24.8. The van der Waals surface area contributed by atoms with Crippen LogP contribution in [0.4, 0.5) is 14.6 Å². The summed E-state index contributed by atoms with van der Waals surface area (Å²) in [6.45, 7) is -3.36. The third-order valence-corrected chi connectivity index (χ3v) is 6.77. The van der Waals surface area contributed by atoms with E-state index in [1.807, 2.05) is 0 Å². The molecule has 2 aromatic rings. The highest BCUT2D eigenvalue weighted by Gasteiger charge is 2.49. The van der Waals surface area contributed by atoms with Crippen molar-refractivity contribution in [3.63, 3.8) is 0 Å².